The van der Waals surface area contributed by atoms with Crippen molar-refractivity contribution in [3.8, 4) is 0 Å². The third-order valence-electron chi connectivity index (χ3n) is 3.73. The number of aromatic nitrogens is 2. The minimum atomic E-state index is 0.122. The van der Waals surface area contributed by atoms with Crippen LogP contribution < -0.4 is 5.32 Å². The Morgan fingerprint density at radius 1 is 1.40 bits per heavy atom. The quantitative estimate of drug-likeness (QED) is 0.920. The highest BCUT2D eigenvalue weighted by Gasteiger charge is 2.16. The molecule has 0 aromatic carbocycles. The lowest BCUT2D eigenvalue weighted by molar-refractivity contribution is -0.118. The van der Waals surface area contributed by atoms with E-state index in [1.165, 1.54) is 25.7 Å². The third-order valence-corrected chi connectivity index (χ3v) is 5.11. The highest BCUT2D eigenvalue weighted by Crippen LogP contribution is 2.29. The number of carbonyl (C=O) groups is 1. The van der Waals surface area contributed by atoms with Gasteiger partial charge in [-0.15, -0.1) is 11.8 Å². The molecule has 106 valence electrons. The number of amides is 1. The first-order valence-corrected chi connectivity index (χ1v) is 8.17. The van der Waals surface area contributed by atoms with Gasteiger partial charge in [0.05, 0.1) is 17.5 Å². The fourth-order valence-corrected chi connectivity index (χ4v) is 3.77. The van der Waals surface area contributed by atoms with Crippen LogP contribution in [0.15, 0.2) is 30.6 Å². The van der Waals surface area contributed by atoms with Crippen molar-refractivity contribution in [1.82, 2.24) is 14.9 Å². The van der Waals surface area contributed by atoms with E-state index in [1.807, 2.05) is 35.1 Å². The van der Waals surface area contributed by atoms with E-state index in [2.05, 4.69) is 10.4 Å². The molecule has 0 unspecified atom stereocenters. The molecule has 0 radical (unpaired) electrons. The molecule has 1 aliphatic carbocycles. The van der Waals surface area contributed by atoms with Gasteiger partial charge in [-0.1, -0.05) is 18.9 Å². The predicted molar refractivity (Wildman–Crippen MR) is 81.8 cm³/mol. The van der Waals surface area contributed by atoms with Crippen LogP contribution in [-0.4, -0.2) is 26.5 Å². The SMILES string of the molecule is O=C(CSC1CCCC1)NCc1cnn2ccccc12. The second-order valence-electron chi connectivity index (χ2n) is 5.19. The van der Waals surface area contributed by atoms with Gasteiger partial charge in [-0.3, -0.25) is 4.79 Å². The highest BCUT2D eigenvalue weighted by molar-refractivity contribution is 8.00. The van der Waals surface area contributed by atoms with Gasteiger partial charge in [-0.25, -0.2) is 4.52 Å². The molecule has 4 nitrogen and oxygen atoms in total. The van der Waals surface area contributed by atoms with Gasteiger partial charge >= 0.3 is 0 Å². The highest BCUT2D eigenvalue weighted by atomic mass is 32.2. The van der Waals surface area contributed by atoms with E-state index < -0.39 is 0 Å². The molecule has 2 aromatic rings. The van der Waals surface area contributed by atoms with E-state index >= 15 is 0 Å². The zero-order valence-electron chi connectivity index (χ0n) is 11.4. The van der Waals surface area contributed by atoms with Crippen molar-refractivity contribution in [2.24, 2.45) is 0 Å². The Labute approximate surface area is 122 Å². The van der Waals surface area contributed by atoms with Crippen LogP contribution in [-0.2, 0) is 11.3 Å². The van der Waals surface area contributed by atoms with Crippen molar-refractivity contribution >= 4 is 23.2 Å². The van der Waals surface area contributed by atoms with E-state index in [-0.39, 0.29) is 5.91 Å². The van der Waals surface area contributed by atoms with Gasteiger partial charge in [-0.05, 0) is 25.0 Å². The van der Waals surface area contributed by atoms with Crippen molar-refractivity contribution in [3.05, 3.63) is 36.2 Å². The molecule has 2 aromatic heterocycles. The molecule has 0 atom stereocenters. The summed E-state index contributed by atoms with van der Waals surface area (Å²) in [6, 6.07) is 5.95. The zero-order chi connectivity index (χ0) is 13.8. The summed E-state index contributed by atoms with van der Waals surface area (Å²) in [5, 5.41) is 7.95. The molecule has 0 saturated heterocycles. The average Bonchev–Trinajstić information content (AvgIpc) is 3.12. The number of hydrogen-bond acceptors (Lipinski definition) is 3. The molecule has 1 N–H and O–H groups in total. The summed E-state index contributed by atoms with van der Waals surface area (Å²) in [5.41, 5.74) is 2.11. The van der Waals surface area contributed by atoms with Crippen LogP contribution in [0.2, 0.25) is 0 Å². The van der Waals surface area contributed by atoms with Crippen molar-refractivity contribution in [2.45, 2.75) is 37.5 Å². The Hall–Kier alpha value is -1.49. The molecular weight excluding hydrogens is 270 g/mol. The Morgan fingerprint density at radius 2 is 2.25 bits per heavy atom. The first kappa shape index (κ1) is 13.5. The first-order valence-electron chi connectivity index (χ1n) is 7.12. The summed E-state index contributed by atoms with van der Waals surface area (Å²) < 4.78 is 1.83. The van der Waals surface area contributed by atoms with E-state index in [9.17, 15) is 4.79 Å². The number of nitrogens with zero attached hydrogens (tertiary/aromatic N) is 2. The van der Waals surface area contributed by atoms with E-state index in [1.54, 1.807) is 11.8 Å². The number of nitrogens with one attached hydrogen (secondary N) is 1. The number of carbonyl (C=O) groups excluding carboxylic acids is 1. The Kier molecular flexibility index (Phi) is 4.25. The molecule has 1 amide bonds. The van der Waals surface area contributed by atoms with Gasteiger partial charge in [0.25, 0.3) is 0 Å². The molecule has 0 spiro atoms. The van der Waals surface area contributed by atoms with Gasteiger partial charge < -0.3 is 5.32 Å². The Balaban J connectivity index is 1.49. The van der Waals surface area contributed by atoms with Crippen molar-refractivity contribution in [3.63, 3.8) is 0 Å². The molecule has 0 bridgehead atoms. The molecular formula is C15H19N3OS. The summed E-state index contributed by atoms with van der Waals surface area (Å²) in [4.78, 5) is 11.9. The average molecular weight is 289 g/mol. The molecule has 0 aliphatic heterocycles. The van der Waals surface area contributed by atoms with Gasteiger partial charge in [-0.2, -0.15) is 5.10 Å². The molecule has 2 heterocycles. The predicted octanol–water partition coefficient (Wildman–Crippen LogP) is 2.63. The fraction of sp³-hybridized carbons (Fsp3) is 0.467. The summed E-state index contributed by atoms with van der Waals surface area (Å²) in [6.45, 7) is 0.553. The number of rotatable bonds is 5. The summed E-state index contributed by atoms with van der Waals surface area (Å²) in [6.07, 6.45) is 8.91. The lowest BCUT2D eigenvalue weighted by Gasteiger charge is -2.08. The number of hydrogen-bond donors (Lipinski definition) is 1. The van der Waals surface area contributed by atoms with Crippen molar-refractivity contribution in [2.75, 3.05) is 5.75 Å². The topological polar surface area (TPSA) is 46.4 Å². The van der Waals surface area contributed by atoms with Gasteiger partial charge in [0, 0.05) is 23.6 Å². The number of pyridine rings is 1. The van der Waals surface area contributed by atoms with Crippen molar-refractivity contribution < 1.29 is 4.79 Å². The van der Waals surface area contributed by atoms with E-state index in [4.69, 9.17) is 0 Å². The normalized spacial score (nSPS) is 15.8. The van der Waals surface area contributed by atoms with Crippen LogP contribution >= 0.6 is 11.8 Å². The lowest BCUT2D eigenvalue weighted by atomic mass is 10.2. The summed E-state index contributed by atoms with van der Waals surface area (Å²) in [7, 11) is 0. The minimum absolute atomic E-state index is 0.122. The standard InChI is InChI=1S/C15H19N3OS/c19-15(11-20-13-5-1-2-6-13)16-9-12-10-17-18-8-4-3-7-14(12)18/h3-4,7-8,10,13H,1-2,5-6,9,11H2,(H,16,19). The molecule has 1 fully saturated rings. The smallest absolute Gasteiger partial charge is 0.230 e. The van der Waals surface area contributed by atoms with Crippen LogP contribution in [0.25, 0.3) is 5.52 Å². The largest absolute Gasteiger partial charge is 0.351 e. The molecule has 20 heavy (non-hydrogen) atoms. The molecule has 1 aliphatic rings. The van der Waals surface area contributed by atoms with Gasteiger partial charge in [0.15, 0.2) is 0 Å². The van der Waals surface area contributed by atoms with Crippen LogP contribution in [0.4, 0.5) is 0 Å². The summed E-state index contributed by atoms with van der Waals surface area (Å²) in [5.74, 6) is 0.696. The third kappa shape index (κ3) is 3.15. The first-order chi connectivity index (χ1) is 9.83. The zero-order valence-corrected chi connectivity index (χ0v) is 12.2. The second kappa shape index (κ2) is 6.31. The fourth-order valence-electron chi connectivity index (χ4n) is 2.62. The molecule has 1 saturated carbocycles. The number of thioether (sulfide) groups is 1. The van der Waals surface area contributed by atoms with E-state index in [0.29, 0.717) is 17.5 Å². The molecule has 3 rings (SSSR count). The maximum absolute atomic E-state index is 11.9. The van der Waals surface area contributed by atoms with Gasteiger partial charge in [0.2, 0.25) is 5.91 Å². The second-order valence-corrected chi connectivity index (χ2v) is 6.48. The van der Waals surface area contributed by atoms with Gasteiger partial charge in [0.1, 0.15) is 0 Å². The maximum atomic E-state index is 11.9. The van der Waals surface area contributed by atoms with Crippen LogP contribution in [0.5, 0.6) is 0 Å². The van der Waals surface area contributed by atoms with E-state index in [0.717, 1.165) is 11.1 Å². The van der Waals surface area contributed by atoms with Crippen molar-refractivity contribution in [1.29, 1.82) is 0 Å². The Morgan fingerprint density at radius 3 is 3.10 bits per heavy atom. The Bertz CT molecular complexity index is 590. The summed E-state index contributed by atoms with van der Waals surface area (Å²) >= 11 is 1.80. The lowest BCUT2D eigenvalue weighted by Crippen LogP contribution is -2.25. The maximum Gasteiger partial charge on any atom is 0.230 e. The minimum Gasteiger partial charge on any atom is -0.351 e. The van der Waals surface area contributed by atoms with Crippen LogP contribution in [0.3, 0.4) is 0 Å². The number of fused-ring (bicyclic) bond motifs is 1. The monoisotopic (exact) mass is 289 g/mol. The molecule has 5 heteroatoms. The van der Waals surface area contributed by atoms with Crippen LogP contribution in [0.1, 0.15) is 31.2 Å². The van der Waals surface area contributed by atoms with Crippen LogP contribution in [0, 0.1) is 0 Å².